The van der Waals surface area contributed by atoms with Gasteiger partial charge in [-0.05, 0) is 43.5 Å². The Morgan fingerprint density at radius 1 is 1.04 bits per heavy atom. The summed E-state index contributed by atoms with van der Waals surface area (Å²) in [7, 11) is 1.88. The summed E-state index contributed by atoms with van der Waals surface area (Å²) in [6.45, 7) is 8.82. The van der Waals surface area contributed by atoms with Crippen LogP contribution in [0.4, 0.5) is 0 Å². The lowest BCUT2D eigenvalue weighted by molar-refractivity contribution is -0.134. The second kappa shape index (κ2) is 8.36. The summed E-state index contributed by atoms with van der Waals surface area (Å²) in [5.74, 6) is 0. The van der Waals surface area contributed by atoms with Gasteiger partial charge in [0.25, 0.3) is 0 Å². The van der Waals surface area contributed by atoms with Gasteiger partial charge in [0.2, 0.25) is 0 Å². The predicted molar refractivity (Wildman–Crippen MR) is 105 cm³/mol. The summed E-state index contributed by atoms with van der Waals surface area (Å²) < 4.78 is 5.77. The normalized spacial score (nSPS) is 28.8. The van der Waals surface area contributed by atoms with E-state index in [1.54, 1.807) is 0 Å². The van der Waals surface area contributed by atoms with Crippen LogP contribution >= 0.6 is 0 Å². The third kappa shape index (κ3) is 3.82. The Hall–Kier alpha value is -0.980. The number of hydrogen-bond donors (Lipinski definition) is 3. The van der Waals surface area contributed by atoms with Crippen molar-refractivity contribution in [1.29, 1.82) is 0 Å². The molecule has 2 heterocycles. The second-order valence-corrected chi connectivity index (χ2v) is 8.22. The molecule has 1 aliphatic carbocycles. The fraction of sp³-hybridized carbons (Fsp3) is 0.714. The van der Waals surface area contributed by atoms with Crippen molar-refractivity contribution in [3.63, 3.8) is 0 Å². The number of nitrogens with zero attached hydrogens (tertiary/aromatic N) is 1. The average molecular weight is 359 g/mol. The van der Waals surface area contributed by atoms with E-state index in [0.29, 0.717) is 17.6 Å². The Balaban J connectivity index is 1.29. The van der Waals surface area contributed by atoms with Crippen LogP contribution in [0.5, 0.6) is 0 Å². The van der Waals surface area contributed by atoms with E-state index >= 15 is 0 Å². The number of rotatable bonds is 6. The molecular formula is C21H34N4O. The summed E-state index contributed by atoms with van der Waals surface area (Å²) in [4.78, 5) is 2.53. The van der Waals surface area contributed by atoms with E-state index in [1.807, 2.05) is 7.11 Å². The van der Waals surface area contributed by atoms with Crippen molar-refractivity contribution in [3.05, 3.63) is 35.4 Å². The molecular weight excluding hydrogens is 324 g/mol. The van der Waals surface area contributed by atoms with E-state index in [2.05, 4.69) is 45.1 Å². The first-order chi connectivity index (χ1) is 12.8. The van der Waals surface area contributed by atoms with Crippen molar-refractivity contribution >= 4 is 0 Å². The topological polar surface area (TPSA) is 48.6 Å². The lowest BCUT2D eigenvalue weighted by Crippen LogP contribution is -2.66. The highest BCUT2D eigenvalue weighted by Crippen LogP contribution is 2.49. The van der Waals surface area contributed by atoms with E-state index in [1.165, 1.54) is 24.0 Å². The lowest BCUT2D eigenvalue weighted by Gasteiger charge is -2.57. The molecule has 0 aromatic heterocycles. The van der Waals surface area contributed by atoms with Gasteiger partial charge >= 0.3 is 0 Å². The lowest BCUT2D eigenvalue weighted by atomic mass is 9.57. The minimum Gasteiger partial charge on any atom is -0.381 e. The van der Waals surface area contributed by atoms with Crippen LogP contribution in [0.2, 0.25) is 0 Å². The van der Waals surface area contributed by atoms with Crippen LogP contribution in [0.25, 0.3) is 0 Å². The third-order valence-electron chi connectivity index (χ3n) is 6.80. The second-order valence-electron chi connectivity index (χ2n) is 8.22. The van der Waals surface area contributed by atoms with Gasteiger partial charge in [0.05, 0.1) is 6.10 Å². The fourth-order valence-electron chi connectivity index (χ4n) is 5.06. The van der Waals surface area contributed by atoms with Gasteiger partial charge in [-0.15, -0.1) is 0 Å². The Morgan fingerprint density at radius 3 is 2.38 bits per heavy atom. The molecule has 2 atom stereocenters. The monoisotopic (exact) mass is 358 g/mol. The van der Waals surface area contributed by atoms with Crippen LogP contribution in [0, 0.1) is 5.41 Å². The summed E-state index contributed by atoms with van der Waals surface area (Å²) >= 11 is 0. The number of piperidine rings is 1. The minimum absolute atomic E-state index is 0.349. The molecule has 5 heteroatoms. The van der Waals surface area contributed by atoms with Gasteiger partial charge in [-0.3, -0.25) is 4.90 Å². The van der Waals surface area contributed by atoms with Gasteiger partial charge in [0.1, 0.15) is 0 Å². The molecule has 0 bridgehead atoms. The highest BCUT2D eigenvalue weighted by molar-refractivity contribution is 5.23. The van der Waals surface area contributed by atoms with Crippen molar-refractivity contribution in [2.45, 2.75) is 44.5 Å². The Bertz CT molecular complexity index is 564. The summed E-state index contributed by atoms with van der Waals surface area (Å²) in [5.41, 5.74) is 3.16. The van der Waals surface area contributed by atoms with Gasteiger partial charge in [-0.25, -0.2) is 0 Å². The number of nitrogens with one attached hydrogen (secondary N) is 3. The highest BCUT2D eigenvalue weighted by atomic mass is 16.5. The van der Waals surface area contributed by atoms with Crippen molar-refractivity contribution in [3.8, 4) is 0 Å². The quantitative estimate of drug-likeness (QED) is 0.716. The van der Waals surface area contributed by atoms with Crippen molar-refractivity contribution in [1.82, 2.24) is 20.9 Å². The molecule has 0 amide bonds. The molecule has 1 spiro atoms. The summed E-state index contributed by atoms with van der Waals surface area (Å²) in [5, 5.41) is 10.7. The Kier molecular flexibility index (Phi) is 5.91. The SMILES string of the molecule is COC1CC(NCc2ccc(CN3CCNCC3)cc2)C12CCNCC2. The Labute approximate surface area is 157 Å². The third-order valence-corrected chi connectivity index (χ3v) is 6.80. The van der Waals surface area contributed by atoms with Gasteiger partial charge in [-0.1, -0.05) is 24.3 Å². The van der Waals surface area contributed by atoms with Crippen molar-refractivity contribution < 1.29 is 4.74 Å². The molecule has 2 unspecified atom stereocenters. The predicted octanol–water partition coefficient (Wildman–Crippen LogP) is 1.34. The molecule has 4 rings (SSSR count). The van der Waals surface area contributed by atoms with Crippen LogP contribution in [-0.2, 0) is 17.8 Å². The minimum atomic E-state index is 0.349. The van der Waals surface area contributed by atoms with E-state index in [-0.39, 0.29) is 0 Å². The zero-order chi connectivity index (χ0) is 17.8. The maximum atomic E-state index is 5.77. The molecule has 26 heavy (non-hydrogen) atoms. The van der Waals surface area contributed by atoms with Crippen LogP contribution in [-0.4, -0.2) is 63.4 Å². The Morgan fingerprint density at radius 2 is 1.69 bits per heavy atom. The number of piperazine rings is 1. The largest absolute Gasteiger partial charge is 0.381 e. The first-order valence-corrected chi connectivity index (χ1v) is 10.3. The molecule has 5 nitrogen and oxygen atoms in total. The van der Waals surface area contributed by atoms with Crippen molar-refractivity contribution in [2.75, 3.05) is 46.4 Å². The zero-order valence-corrected chi connectivity index (χ0v) is 16.1. The molecule has 3 N–H and O–H groups in total. The first kappa shape index (κ1) is 18.4. The van der Waals surface area contributed by atoms with E-state index in [9.17, 15) is 0 Å². The number of hydrogen-bond acceptors (Lipinski definition) is 5. The molecule has 144 valence electrons. The molecule has 1 saturated carbocycles. The molecule has 0 radical (unpaired) electrons. The summed E-state index contributed by atoms with van der Waals surface area (Å²) in [6.07, 6.45) is 4.04. The molecule has 3 aliphatic rings. The van der Waals surface area contributed by atoms with E-state index in [4.69, 9.17) is 4.74 Å². The number of ether oxygens (including phenoxy) is 1. The molecule has 3 fully saturated rings. The molecule has 2 aliphatic heterocycles. The highest BCUT2D eigenvalue weighted by Gasteiger charge is 2.55. The van der Waals surface area contributed by atoms with Crippen molar-refractivity contribution in [2.24, 2.45) is 5.41 Å². The molecule has 1 aromatic rings. The average Bonchev–Trinajstić information content (AvgIpc) is 2.70. The fourth-order valence-corrected chi connectivity index (χ4v) is 5.06. The van der Waals surface area contributed by atoms with E-state index < -0.39 is 0 Å². The zero-order valence-electron chi connectivity index (χ0n) is 16.1. The maximum absolute atomic E-state index is 5.77. The standard InChI is InChI=1S/C21H34N4O/c1-26-20-14-19(21(20)6-8-22-9-7-21)24-15-17-2-4-18(5-3-17)16-25-12-10-23-11-13-25/h2-5,19-20,22-24H,6-16H2,1H3. The van der Waals surface area contributed by atoms with Crippen LogP contribution < -0.4 is 16.0 Å². The van der Waals surface area contributed by atoms with Crippen LogP contribution in [0.1, 0.15) is 30.4 Å². The van der Waals surface area contributed by atoms with E-state index in [0.717, 1.165) is 58.8 Å². The smallest absolute Gasteiger partial charge is 0.0658 e. The number of methoxy groups -OCH3 is 1. The maximum Gasteiger partial charge on any atom is 0.0658 e. The summed E-state index contributed by atoms with van der Waals surface area (Å²) in [6, 6.07) is 9.80. The van der Waals surface area contributed by atoms with Gasteiger partial charge in [-0.2, -0.15) is 0 Å². The van der Waals surface area contributed by atoms with Crippen LogP contribution in [0.3, 0.4) is 0 Å². The molecule has 2 saturated heterocycles. The number of benzene rings is 1. The van der Waals surface area contributed by atoms with Crippen LogP contribution in [0.15, 0.2) is 24.3 Å². The van der Waals surface area contributed by atoms with Gasteiger partial charge < -0.3 is 20.7 Å². The molecule has 1 aromatic carbocycles. The van der Waals surface area contributed by atoms with Gasteiger partial charge in [0.15, 0.2) is 0 Å². The first-order valence-electron chi connectivity index (χ1n) is 10.3. The van der Waals surface area contributed by atoms with Gasteiger partial charge in [0, 0.05) is 57.8 Å².